The van der Waals surface area contributed by atoms with Gasteiger partial charge >= 0.3 is 12.0 Å². The van der Waals surface area contributed by atoms with Gasteiger partial charge in [0.25, 0.3) is 11.8 Å². The van der Waals surface area contributed by atoms with Crippen LogP contribution in [0.25, 0.3) is 10.1 Å². The Morgan fingerprint density at radius 2 is 1.92 bits per heavy atom. The highest BCUT2D eigenvalue weighted by Crippen LogP contribution is 2.34. The number of urea groups is 1. The van der Waals surface area contributed by atoms with Crippen LogP contribution in [-0.2, 0) is 14.3 Å². The third-order valence-electron chi connectivity index (χ3n) is 3.28. The van der Waals surface area contributed by atoms with Crippen molar-refractivity contribution in [1.29, 1.82) is 0 Å². The first-order valence-corrected chi connectivity index (χ1v) is 8.70. The molecule has 10 heteroatoms. The van der Waals surface area contributed by atoms with Crippen LogP contribution in [0.2, 0.25) is 5.02 Å². The second-order valence-electron chi connectivity index (χ2n) is 5.12. The minimum absolute atomic E-state index is 0.283. The maximum atomic E-state index is 12.2. The summed E-state index contributed by atoms with van der Waals surface area (Å²) in [5.74, 6) is -2.12. The molecule has 0 aliphatic heterocycles. The molecule has 0 spiro atoms. The fourth-order valence-electron chi connectivity index (χ4n) is 1.96. The average molecular weight is 398 g/mol. The number of hydrogen-bond donors (Lipinski definition) is 3. The summed E-state index contributed by atoms with van der Waals surface area (Å²) in [5.41, 5.74) is 0. The Morgan fingerprint density at radius 1 is 1.23 bits per heavy atom. The number of carbonyl (C=O) groups excluding carboxylic acids is 4. The molecule has 4 amide bonds. The predicted octanol–water partition coefficient (Wildman–Crippen LogP) is 1.67. The summed E-state index contributed by atoms with van der Waals surface area (Å²) < 4.78 is 5.71. The molecule has 26 heavy (non-hydrogen) atoms. The molecule has 0 aliphatic rings. The van der Waals surface area contributed by atoms with Crippen LogP contribution in [0.1, 0.15) is 16.6 Å². The van der Waals surface area contributed by atoms with E-state index in [1.165, 1.54) is 25.3 Å². The molecular weight excluding hydrogens is 382 g/mol. The maximum absolute atomic E-state index is 12.2. The van der Waals surface area contributed by atoms with Gasteiger partial charge in [-0.25, -0.2) is 4.79 Å². The molecule has 1 atom stereocenters. The van der Waals surface area contributed by atoms with E-state index in [1.807, 2.05) is 23.5 Å². The minimum atomic E-state index is -1.19. The van der Waals surface area contributed by atoms with E-state index >= 15 is 0 Å². The first-order chi connectivity index (χ1) is 12.3. The van der Waals surface area contributed by atoms with Crippen molar-refractivity contribution in [3.05, 3.63) is 34.2 Å². The van der Waals surface area contributed by atoms with E-state index in [-0.39, 0.29) is 4.88 Å². The molecule has 1 aromatic carbocycles. The highest BCUT2D eigenvalue weighted by atomic mass is 35.5. The Labute approximate surface area is 157 Å². The zero-order chi connectivity index (χ0) is 19.3. The number of esters is 1. The zero-order valence-corrected chi connectivity index (χ0v) is 15.5. The Bertz CT molecular complexity index is 867. The van der Waals surface area contributed by atoms with Gasteiger partial charge in [-0.15, -0.1) is 11.3 Å². The number of rotatable bonds is 5. The van der Waals surface area contributed by atoms with Gasteiger partial charge in [-0.05, 0) is 13.0 Å². The lowest BCUT2D eigenvalue weighted by Crippen LogP contribution is -2.44. The van der Waals surface area contributed by atoms with E-state index in [9.17, 15) is 19.2 Å². The molecule has 138 valence electrons. The van der Waals surface area contributed by atoms with Crippen LogP contribution in [0.4, 0.5) is 4.79 Å². The molecule has 0 radical (unpaired) electrons. The molecule has 3 N–H and O–H groups in total. The van der Waals surface area contributed by atoms with Gasteiger partial charge in [0.15, 0.2) is 6.10 Å². The van der Waals surface area contributed by atoms with Gasteiger partial charge in [0.2, 0.25) is 0 Å². The highest BCUT2D eigenvalue weighted by Gasteiger charge is 2.21. The molecule has 8 nitrogen and oxygen atoms in total. The van der Waals surface area contributed by atoms with Crippen molar-refractivity contribution in [3.8, 4) is 0 Å². The Kier molecular flexibility index (Phi) is 6.53. The average Bonchev–Trinajstić information content (AvgIpc) is 2.96. The van der Waals surface area contributed by atoms with Crippen molar-refractivity contribution in [2.24, 2.45) is 0 Å². The van der Waals surface area contributed by atoms with Crippen LogP contribution < -0.4 is 16.0 Å². The lowest BCUT2D eigenvalue weighted by Gasteiger charge is -2.12. The predicted molar refractivity (Wildman–Crippen MR) is 97.3 cm³/mol. The van der Waals surface area contributed by atoms with Crippen LogP contribution >= 0.6 is 22.9 Å². The lowest BCUT2D eigenvalue weighted by molar-refractivity contribution is -0.153. The quantitative estimate of drug-likeness (QED) is 0.664. The van der Waals surface area contributed by atoms with Crippen LogP contribution in [0.5, 0.6) is 0 Å². The van der Waals surface area contributed by atoms with Crippen molar-refractivity contribution in [1.82, 2.24) is 16.0 Å². The third-order valence-corrected chi connectivity index (χ3v) is 4.95. The summed E-state index contributed by atoms with van der Waals surface area (Å²) in [5, 5.41) is 7.65. The van der Waals surface area contributed by atoms with Crippen LogP contribution in [-0.4, -0.2) is 43.5 Å². The minimum Gasteiger partial charge on any atom is -0.451 e. The van der Waals surface area contributed by atoms with E-state index in [1.54, 1.807) is 6.07 Å². The van der Waals surface area contributed by atoms with Crippen molar-refractivity contribution in [2.75, 3.05) is 13.6 Å². The second kappa shape index (κ2) is 8.63. The van der Waals surface area contributed by atoms with Gasteiger partial charge in [0.05, 0.1) is 5.02 Å². The summed E-state index contributed by atoms with van der Waals surface area (Å²) in [6, 6.07) is 6.56. The summed E-state index contributed by atoms with van der Waals surface area (Å²) in [7, 11) is 1.34. The molecule has 1 heterocycles. The lowest BCUT2D eigenvalue weighted by atomic mass is 10.2. The number of halogens is 1. The number of ether oxygens (including phenoxy) is 1. The normalized spacial score (nSPS) is 11.5. The Hall–Kier alpha value is -2.65. The van der Waals surface area contributed by atoms with Crippen LogP contribution in [0, 0.1) is 0 Å². The summed E-state index contributed by atoms with van der Waals surface area (Å²) >= 11 is 7.41. The van der Waals surface area contributed by atoms with E-state index in [4.69, 9.17) is 16.3 Å². The van der Waals surface area contributed by atoms with Crippen molar-refractivity contribution in [3.63, 3.8) is 0 Å². The maximum Gasteiger partial charge on any atom is 0.326 e. The number of benzene rings is 1. The van der Waals surface area contributed by atoms with Crippen LogP contribution in [0.15, 0.2) is 24.3 Å². The standard InChI is InChI=1S/C16H16ClN3O5S/c1-8(14(22)20-16(24)18-2)25-11(21)7-19-15(23)13-12(17)9-5-3-4-6-10(9)26-13/h3-6,8H,7H2,1-2H3,(H,19,23)(H2,18,20,22,24). The van der Waals surface area contributed by atoms with Crippen molar-refractivity contribution in [2.45, 2.75) is 13.0 Å². The number of hydrogen-bond acceptors (Lipinski definition) is 6. The van der Waals surface area contributed by atoms with Gasteiger partial charge in [-0.2, -0.15) is 0 Å². The topological polar surface area (TPSA) is 114 Å². The number of amides is 4. The molecule has 1 unspecified atom stereocenters. The molecule has 0 aliphatic carbocycles. The number of fused-ring (bicyclic) bond motifs is 1. The largest absolute Gasteiger partial charge is 0.451 e. The summed E-state index contributed by atoms with van der Waals surface area (Å²) in [4.78, 5) is 46.9. The van der Waals surface area contributed by atoms with Gasteiger partial charge in [-0.1, -0.05) is 29.8 Å². The van der Waals surface area contributed by atoms with Gasteiger partial charge in [0.1, 0.15) is 11.4 Å². The molecule has 0 saturated heterocycles. The second-order valence-corrected chi connectivity index (χ2v) is 6.55. The highest BCUT2D eigenvalue weighted by molar-refractivity contribution is 7.21. The summed E-state index contributed by atoms with van der Waals surface area (Å²) in [6.07, 6.45) is -1.19. The Balaban J connectivity index is 1.90. The first-order valence-electron chi connectivity index (χ1n) is 7.50. The molecule has 1 aromatic heterocycles. The number of nitrogens with one attached hydrogen (secondary N) is 3. The fourth-order valence-corrected chi connectivity index (χ4v) is 3.39. The molecule has 2 aromatic rings. The van der Waals surface area contributed by atoms with Crippen LogP contribution in [0.3, 0.4) is 0 Å². The number of carbonyl (C=O) groups is 4. The first kappa shape index (κ1) is 19.7. The molecule has 0 bridgehead atoms. The van der Waals surface area contributed by atoms with E-state index < -0.39 is 36.5 Å². The van der Waals surface area contributed by atoms with Gasteiger partial charge in [0, 0.05) is 17.1 Å². The van der Waals surface area contributed by atoms with Crippen molar-refractivity contribution < 1.29 is 23.9 Å². The Morgan fingerprint density at radius 3 is 2.58 bits per heavy atom. The third kappa shape index (κ3) is 4.70. The van der Waals surface area contributed by atoms with E-state index in [0.29, 0.717) is 5.02 Å². The monoisotopic (exact) mass is 397 g/mol. The molecular formula is C16H16ClN3O5S. The smallest absolute Gasteiger partial charge is 0.326 e. The number of imide groups is 1. The van der Waals surface area contributed by atoms with E-state index in [0.717, 1.165) is 10.1 Å². The summed E-state index contributed by atoms with van der Waals surface area (Å²) in [6.45, 7) is 0.863. The van der Waals surface area contributed by atoms with E-state index in [2.05, 4.69) is 10.6 Å². The zero-order valence-electron chi connectivity index (χ0n) is 13.9. The molecule has 0 saturated carbocycles. The number of thiophene rings is 1. The molecule has 2 rings (SSSR count). The van der Waals surface area contributed by atoms with Crippen molar-refractivity contribution >= 4 is 56.8 Å². The fraction of sp³-hybridized carbons (Fsp3) is 0.250. The van der Waals surface area contributed by atoms with Gasteiger partial charge < -0.3 is 15.4 Å². The van der Waals surface area contributed by atoms with Gasteiger partial charge in [-0.3, -0.25) is 19.7 Å². The SMILES string of the molecule is CNC(=O)NC(=O)C(C)OC(=O)CNC(=O)c1sc2ccccc2c1Cl. The molecule has 0 fully saturated rings.